The van der Waals surface area contributed by atoms with Crippen LogP contribution in [0.3, 0.4) is 0 Å². The van der Waals surface area contributed by atoms with E-state index in [1.807, 2.05) is 24.3 Å². The second kappa shape index (κ2) is 22.4. The monoisotopic (exact) mass is 633 g/mol. The van der Waals surface area contributed by atoms with Crippen molar-refractivity contribution in [2.24, 2.45) is 0 Å². The van der Waals surface area contributed by atoms with Gasteiger partial charge in [-0.15, -0.1) is 0 Å². The van der Waals surface area contributed by atoms with E-state index >= 15 is 0 Å². The Bertz CT molecular complexity index is 1070. The van der Waals surface area contributed by atoms with Gasteiger partial charge in [0.05, 0.1) is 98.9 Å². The van der Waals surface area contributed by atoms with Gasteiger partial charge in [0, 0.05) is 19.5 Å². The van der Waals surface area contributed by atoms with Crippen LogP contribution in [0.25, 0.3) is 11.1 Å². The Balaban J connectivity index is 1.06. The van der Waals surface area contributed by atoms with Crippen molar-refractivity contribution in [3.63, 3.8) is 0 Å². The van der Waals surface area contributed by atoms with Gasteiger partial charge in [-0.25, -0.2) is 4.79 Å². The SMILES string of the molecule is CN(CCOCCOCCOCCOCCOCCOCCOCCC(=O)O)C(=O)OCC1c2ccccc2-c2ccccc21. The van der Waals surface area contributed by atoms with Gasteiger partial charge in [0.2, 0.25) is 0 Å². The van der Waals surface area contributed by atoms with Gasteiger partial charge >= 0.3 is 12.1 Å². The molecule has 0 bridgehead atoms. The van der Waals surface area contributed by atoms with E-state index in [0.717, 1.165) is 0 Å². The number of carbonyl (C=O) groups is 2. The van der Waals surface area contributed by atoms with Crippen LogP contribution in [0.4, 0.5) is 4.79 Å². The number of carboxylic acid groups (broad SMARTS) is 1. The highest BCUT2D eigenvalue weighted by atomic mass is 16.6. The highest BCUT2D eigenvalue weighted by Gasteiger charge is 2.29. The number of fused-ring (bicyclic) bond motifs is 3. The van der Waals surface area contributed by atoms with Gasteiger partial charge in [-0.1, -0.05) is 48.5 Å². The Morgan fingerprint density at radius 2 is 0.978 bits per heavy atom. The van der Waals surface area contributed by atoms with Gasteiger partial charge < -0.3 is 47.9 Å². The summed E-state index contributed by atoms with van der Waals surface area (Å²) in [5, 5.41) is 8.50. The van der Waals surface area contributed by atoms with Crippen molar-refractivity contribution in [2.75, 3.05) is 113 Å². The van der Waals surface area contributed by atoms with Crippen LogP contribution in [0.2, 0.25) is 0 Å². The summed E-state index contributed by atoms with van der Waals surface area (Å²) in [6.45, 7) is 6.58. The first kappa shape index (κ1) is 36.4. The van der Waals surface area contributed by atoms with Gasteiger partial charge in [0.25, 0.3) is 0 Å². The van der Waals surface area contributed by atoms with E-state index in [1.165, 1.54) is 27.2 Å². The number of hydrogen-bond acceptors (Lipinski definition) is 10. The number of hydrogen-bond donors (Lipinski definition) is 1. The third-order valence-electron chi connectivity index (χ3n) is 6.91. The molecule has 45 heavy (non-hydrogen) atoms. The summed E-state index contributed by atoms with van der Waals surface area (Å²) in [6.07, 6.45) is -0.376. The lowest BCUT2D eigenvalue weighted by atomic mass is 9.98. The fraction of sp³-hybridized carbons (Fsp3) is 0.576. The van der Waals surface area contributed by atoms with Gasteiger partial charge in [-0.3, -0.25) is 4.79 Å². The Morgan fingerprint density at radius 3 is 1.40 bits per heavy atom. The molecule has 0 saturated carbocycles. The largest absolute Gasteiger partial charge is 0.481 e. The number of carboxylic acids is 1. The lowest BCUT2D eigenvalue weighted by Gasteiger charge is -2.19. The van der Waals surface area contributed by atoms with E-state index in [0.29, 0.717) is 99.0 Å². The smallest absolute Gasteiger partial charge is 0.409 e. The molecule has 1 amide bonds. The summed E-state index contributed by atoms with van der Waals surface area (Å²) in [6, 6.07) is 16.5. The first-order valence-corrected chi connectivity index (χ1v) is 15.4. The van der Waals surface area contributed by atoms with E-state index in [-0.39, 0.29) is 25.0 Å². The molecule has 0 aromatic heterocycles. The number of aliphatic carboxylic acids is 1. The molecule has 0 spiro atoms. The van der Waals surface area contributed by atoms with Crippen molar-refractivity contribution < 1.29 is 52.6 Å². The number of nitrogens with zero attached hydrogens (tertiary/aromatic N) is 1. The number of benzene rings is 2. The van der Waals surface area contributed by atoms with Gasteiger partial charge in [-0.2, -0.15) is 0 Å². The zero-order valence-corrected chi connectivity index (χ0v) is 26.2. The van der Waals surface area contributed by atoms with Crippen molar-refractivity contribution in [2.45, 2.75) is 12.3 Å². The number of ether oxygens (including phenoxy) is 8. The van der Waals surface area contributed by atoms with Gasteiger partial charge in [0.1, 0.15) is 6.61 Å². The molecule has 1 N–H and O–H groups in total. The molecule has 0 heterocycles. The van der Waals surface area contributed by atoms with Gasteiger partial charge in [0.15, 0.2) is 0 Å². The summed E-state index contributed by atoms with van der Waals surface area (Å²) in [7, 11) is 1.71. The lowest BCUT2D eigenvalue weighted by molar-refractivity contribution is -0.138. The summed E-state index contributed by atoms with van der Waals surface area (Å²) >= 11 is 0. The van der Waals surface area contributed by atoms with Crippen LogP contribution in [-0.4, -0.2) is 135 Å². The number of carbonyl (C=O) groups excluding carboxylic acids is 1. The summed E-state index contributed by atoms with van der Waals surface area (Å²) in [5.41, 5.74) is 4.78. The number of amides is 1. The van der Waals surface area contributed by atoms with E-state index < -0.39 is 5.97 Å². The molecule has 12 nitrogen and oxygen atoms in total. The Kier molecular flexibility index (Phi) is 18.1. The molecule has 2 aromatic rings. The van der Waals surface area contributed by atoms with Crippen LogP contribution in [0.5, 0.6) is 0 Å². The minimum absolute atomic E-state index is 0.00649. The third-order valence-corrected chi connectivity index (χ3v) is 6.91. The van der Waals surface area contributed by atoms with Crippen LogP contribution in [0.1, 0.15) is 23.5 Å². The minimum Gasteiger partial charge on any atom is -0.481 e. The lowest BCUT2D eigenvalue weighted by Crippen LogP contribution is -2.32. The van der Waals surface area contributed by atoms with Crippen LogP contribution >= 0.6 is 0 Å². The van der Waals surface area contributed by atoms with Crippen LogP contribution in [0, 0.1) is 0 Å². The molecule has 0 radical (unpaired) electrons. The zero-order valence-electron chi connectivity index (χ0n) is 26.2. The van der Waals surface area contributed by atoms with Crippen LogP contribution in [0.15, 0.2) is 48.5 Å². The molecule has 12 heteroatoms. The number of rotatable bonds is 26. The molecule has 0 atom stereocenters. The molecule has 0 aliphatic heterocycles. The molecule has 250 valence electrons. The first-order valence-electron chi connectivity index (χ1n) is 15.4. The quantitative estimate of drug-likeness (QED) is 0.153. The van der Waals surface area contributed by atoms with Crippen LogP contribution in [-0.2, 0) is 42.7 Å². The second-order valence-electron chi connectivity index (χ2n) is 10.2. The molecule has 2 aromatic carbocycles. The summed E-state index contributed by atoms with van der Waals surface area (Å²) in [4.78, 5) is 24.4. The Hall–Kier alpha value is -3.10. The third kappa shape index (κ3) is 14.3. The summed E-state index contributed by atoms with van der Waals surface area (Å²) < 4.78 is 43.5. The molecule has 0 fully saturated rings. The topological polar surface area (TPSA) is 131 Å². The zero-order chi connectivity index (χ0) is 32.0. The average Bonchev–Trinajstić information content (AvgIpc) is 3.37. The molecule has 0 unspecified atom stereocenters. The maximum atomic E-state index is 12.6. The molecular formula is C33H47NO11. The average molecular weight is 634 g/mol. The Labute approximate surface area is 265 Å². The maximum absolute atomic E-state index is 12.6. The minimum atomic E-state index is -0.877. The normalized spacial score (nSPS) is 12.2. The fourth-order valence-corrected chi connectivity index (χ4v) is 4.58. The predicted molar refractivity (Wildman–Crippen MR) is 166 cm³/mol. The van der Waals surface area contributed by atoms with Crippen LogP contribution < -0.4 is 0 Å². The molecule has 1 aliphatic carbocycles. The molecule has 0 saturated heterocycles. The maximum Gasteiger partial charge on any atom is 0.409 e. The highest BCUT2D eigenvalue weighted by Crippen LogP contribution is 2.44. The van der Waals surface area contributed by atoms with Crippen molar-refractivity contribution in [3.05, 3.63) is 59.7 Å². The molecule has 1 aliphatic rings. The first-order chi connectivity index (χ1) is 22.1. The second-order valence-corrected chi connectivity index (χ2v) is 10.2. The van der Waals surface area contributed by atoms with Gasteiger partial charge in [-0.05, 0) is 22.3 Å². The summed E-state index contributed by atoms with van der Waals surface area (Å²) in [5.74, 6) is -0.841. The van der Waals surface area contributed by atoms with Crippen molar-refractivity contribution >= 4 is 12.1 Å². The van der Waals surface area contributed by atoms with Crippen molar-refractivity contribution in [3.8, 4) is 11.1 Å². The van der Waals surface area contributed by atoms with E-state index in [1.54, 1.807) is 7.05 Å². The highest BCUT2D eigenvalue weighted by molar-refractivity contribution is 5.79. The number of likely N-dealkylation sites (N-methyl/N-ethyl adjacent to an activating group) is 1. The van der Waals surface area contributed by atoms with E-state index in [9.17, 15) is 9.59 Å². The van der Waals surface area contributed by atoms with E-state index in [2.05, 4.69) is 24.3 Å². The standard InChI is InChI=1S/C33H47NO11/c1-34(33(37)45-26-31-29-8-4-2-6-27(29)28-7-3-5-9-30(28)31)11-13-39-15-17-41-19-21-43-23-25-44-24-22-42-20-18-40-16-14-38-12-10-32(35)36/h2-9,31H,10-26H2,1H3,(H,35,36). The predicted octanol–water partition coefficient (Wildman–Crippen LogP) is 3.46. The molecule has 3 rings (SSSR count). The van der Waals surface area contributed by atoms with Crippen molar-refractivity contribution in [1.29, 1.82) is 0 Å². The molecular weight excluding hydrogens is 586 g/mol. The van der Waals surface area contributed by atoms with Crippen molar-refractivity contribution in [1.82, 2.24) is 4.90 Å². The fourth-order valence-electron chi connectivity index (χ4n) is 4.58. The Morgan fingerprint density at radius 1 is 0.600 bits per heavy atom. The van der Waals surface area contributed by atoms with E-state index in [4.69, 9.17) is 43.0 Å².